The van der Waals surface area contributed by atoms with Crippen molar-refractivity contribution in [3.63, 3.8) is 0 Å². The van der Waals surface area contributed by atoms with Crippen LogP contribution >= 0.6 is 11.6 Å². The van der Waals surface area contributed by atoms with E-state index in [0.717, 1.165) is 0 Å². The Kier molecular flexibility index (Phi) is 4.78. The second-order valence-corrected chi connectivity index (χ2v) is 5.61. The molecule has 0 bridgehead atoms. The Hall–Kier alpha value is -3.50. The van der Waals surface area contributed by atoms with Crippen molar-refractivity contribution >= 4 is 35.2 Å². The molecule has 0 radical (unpaired) electrons. The van der Waals surface area contributed by atoms with Crippen LogP contribution in [0.1, 0.15) is 15.9 Å². The van der Waals surface area contributed by atoms with Crippen molar-refractivity contribution in [1.29, 1.82) is 5.26 Å². The predicted molar refractivity (Wildman–Crippen MR) is 93.2 cm³/mol. The van der Waals surface area contributed by atoms with Gasteiger partial charge in [-0.25, -0.2) is 4.79 Å². The van der Waals surface area contributed by atoms with E-state index in [1.807, 2.05) is 0 Å². The highest BCUT2D eigenvalue weighted by Crippen LogP contribution is 2.37. The van der Waals surface area contributed by atoms with E-state index in [1.165, 1.54) is 30.3 Å². The van der Waals surface area contributed by atoms with Crippen molar-refractivity contribution in [2.75, 3.05) is 12.1 Å². The summed E-state index contributed by atoms with van der Waals surface area (Å²) in [5, 5.41) is 21.2. The van der Waals surface area contributed by atoms with Crippen LogP contribution in [0.5, 0.6) is 11.5 Å². The molecular formula is C18H11ClN2O5. The van der Waals surface area contributed by atoms with E-state index in [4.69, 9.17) is 26.2 Å². The van der Waals surface area contributed by atoms with Gasteiger partial charge >= 0.3 is 5.97 Å². The highest BCUT2D eigenvalue weighted by Gasteiger charge is 2.18. The zero-order chi connectivity index (χ0) is 18.7. The number of amides is 1. The summed E-state index contributed by atoms with van der Waals surface area (Å²) < 4.78 is 10.4. The molecule has 8 heteroatoms. The number of aromatic carboxylic acids is 1. The third-order valence-electron chi connectivity index (χ3n) is 3.56. The number of anilines is 1. The van der Waals surface area contributed by atoms with Crippen molar-refractivity contribution in [3.05, 3.63) is 58.1 Å². The van der Waals surface area contributed by atoms with Gasteiger partial charge in [-0.15, -0.1) is 0 Å². The van der Waals surface area contributed by atoms with E-state index in [1.54, 1.807) is 18.2 Å². The molecule has 2 aromatic rings. The molecular weight excluding hydrogens is 360 g/mol. The molecule has 130 valence electrons. The maximum absolute atomic E-state index is 12.4. The molecule has 7 nitrogen and oxygen atoms in total. The highest BCUT2D eigenvalue weighted by atomic mass is 35.5. The average Bonchev–Trinajstić information content (AvgIpc) is 3.06. The van der Waals surface area contributed by atoms with Gasteiger partial charge in [0.2, 0.25) is 6.79 Å². The fourth-order valence-electron chi connectivity index (χ4n) is 2.32. The van der Waals surface area contributed by atoms with Gasteiger partial charge in [-0.3, -0.25) is 4.79 Å². The van der Waals surface area contributed by atoms with Crippen LogP contribution in [0.25, 0.3) is 6.08 Å². The fourth-order valence-corrected chi connectivity index (χ4v) is 2.52. The van der Waals surface area contributed by atoms with Gasteiger partial charge in [0.15, 0.2) is 11.5 Å². The second-order valence-electron chi connectivity index (χ2n) is 5.20. The number of ether oxygens (including phenoxy) is 2. The van der Waals surface area contributed by atoms with Crippen molar-refractivity contribution in [2.24, 2.45) is 0 Å². The largest absolute Gasteiger partial charge is 0.478 e. The molecule has 0 fully saturated rings. The first-order chi connectivity index (χ1) is 12.5. The molecule has 1 amide bonds. The molecule has 0 unspecified atom stereocenters. The Morgan fingerprint density at radius 1 is 1.23 bits per heavy atom. The van der Waals surface area contributed by atoms with Gasteiger partial charge in [0.1, 0.15) is 11.6 Å². The lowest BCUT2D eigenvalue weighted by molar-refractivity contribution is -0.112. The normalized spacial score (nSPS) is 12.4. The number of halogens is 1. The molecule has 1 heterocycles. The Bertz CT molecular complexity index is 978. The first-order valence-electron chi connectivity index (χ1n) is 7.34. The number of carboxylic acid groups (broad SMARTS) is 1. The monoisotopic (exact) mass is 370 g/mol. The van der Waals surface area contributed by atoms with Crippen molar-refractivity contribution in [2.45, 2.75) is 0 Å². The zero-order valence-electron chi connectivity index (χ0n) is 13.2. The third-order valence-corrected chi connectivity index (χ3v) is 3.89. The van der Waals surface area contributed by atoms with Crippen molar-refractivity contribution < 1.29 is 24.2 Å². The molecule has 0 atom stereocenters. The lowest BCUT2D eigenvalue weighted by Gasteiger charge is -2.08. The Labute approximate surface area is 153 Å². The zero-order valence-corrected chi connectivity index (χ0v) is 13.9. The number of carbonyl (C=O) groups excluding carboxylic acids is 1. The lowest BCUT2D eigenvalue weighted by atomic mass is 10.1. The van der Waals surface area contributed by atoms with Crippen molar-refractivity contribution in [3.8, 4) is 17.6 Å². The summed E-state index contributed by atoms with van der Waals surface area (Å²) in [7, 11) is 0. The summed E-state index contributed by atoms with van der Waals surface area (Å²) in [5.74, 6) is -1.02. The number of fused-ring (bicyclic) bond motifs is 1. The first-order valence-corrected chi connectivity index (χ1v) is 7.72. The van der Waals surface area contributed by atoms with Crippen LogP contribution in [0.15, 0.2) is 42.0 Å². The van der Waals surface area contributed by atoms with Crippen LogP contribution in [0, 0.1) is 11.3 Å². The van der Waals surface area contributed by atoms with Crippen LogP contribution < -0.4 is 14.8 Å². The van der Waals surface area contributed by atoms with Gasteiger partial charge in [-0.05, 0) is 29.8 Å². The second kappa shape index (κ2) is 7.17. The maximum atomic E-state index is 12.4. The number of benzene rings is 2. The number of carboxylic acids is 1. The molecule has 2 aromatic carbocycles. The Morgan fingerprint density at radius 3 is 2.62 bits per heavy atom. The molecule has 2 N–H and O–H groups in total. The number of nitrogens with zero attached hydrogens (tertiary/aromatic N) is 1. The number of carbonyl (C=O) groups is 2. The molecule has 0 saturated heterocycles. The van der Waals surface area contributed by atoms with Crippen LogP contribution in [-0.2, 0) is 4.79 Å². The average molecular weight is 371 g/mol. The van der Waals surface area contributed by atoms with Crippen LogP contribution in [0.4, 0.5) is 5.69 Å². The van der Waals surface area contributed by atoms with Crippen LogP contribution in [-0.4, -0.2) is 23.8 Å². The van der Waals surface area contributed by atoms with Gasteiger partial charge < -0.3 is 19.9 Å². The minimum atomic E-state index is -1.19. The summed E-state index contributed by atoms with van der Waals surface area (Å²) in [6.07, 6.45) is 1.29. The van der Waals surface area contributed by atoms with E-state index in [2.05, 4.69) is 5.32 Å². The quantitative estimate of drug-likeness (QED) is 0.631. The molecule has 3 rings (SSSR count). The van der Waals surface area contributed by atoms with E-state index in [-0.39, 0.29) is 28.6 Å². The molecule has 0 saturated carbocycles. The minimum absolute atomic E-state index is 0.0659. The van der Waals surface area contributed by atoms with E-state index in [0.29, 0.717) is 17.1 Å². The molecule has 0 aliphatic carbocycles. The number of hydrogen-bond acceptors (Lipinski definition) is 5. The van der Waals surface area contributed by atoms with E-state index < -0.39 is 11.9 Å². The van der Waals surface area contributed by atoms with E-state index in [9.17, 15) is 14.9 Å². The van der Waals surface area contributed by atoms with Gasteiger partial charge in [-0.1, -0.05) is 23.7 Å². The maximum Gasteiger partial charge on any atom is 0.337 e. The van der Waals surface area contributed by atoms with E-state index >= 15 is 0 Å². The van der Waals surface area contributed by atoms with Crippen molar-refractivity contribution in [1.82, 2.24) is 0 Å². The lowest BCUT2D eigenvalue weighted by Crippen LogP contribution is -2.16. The van der Waals surface area contributed by atoms with Gasteiger partial charge in [0.05, 0.1) is 16.3 Å². The van der Waals surface area contributed by atoms with Crippen LogP contribution in [0.2, 0.25) is 5.02 Å². The third kappa shape index (κ3) is 3.45. The predicted octanol–water partition coefficient (Wildman–Crippen LogP) is 3.31. The highest BCUT2D eigenvalue weighted by molar-refractivity contribution is 6.32. The van der Waals surface area contributed by atoms with Gasteiger partial charge in [0.25, 0.3) is 5.91 Å². The molecule has 1 aliphatic heterocycles. The summed E-state index contributed by atoms with van der Waals surface area (Å²) >= 11 is 6.14. The molecule has 0 spiro atoms. The topological polar surface area (TPSA) is 109 Å². The number of nitrogens with one attached hydrogen (secondary N) is 1. The SMILES string of the molecule is N#C/C(=C\c1cc2c(cc1Cl)OCO2)C(=O)Nc1ccccc1C(=O)O. The fraction of sp³-hybridized carbons (Fsp3) is 0.0556. The summed E-state index contributed by atoms with van der Waals surface area (Å²) in [4.78, 5) is 23.6. The summed E-state index contributed by atoms with van der Waals surface area (Å²) in [6, 6.07) is 10.8. The molecule has 26 heavy (non-hydrogen) atoms. The van der Waals surface area contributed by atoms with Crippen LogP contribution in [0.3, 0.4) is 0 Å². The Morgan fingerprint density at radius 2 is 1.92 bits per heavy atom. The summed E-state index contributed by atoms with van der Waals surface area (Å²) in [6.45, 7) is 0.0659. The standard InChI is InChI=1S/C18H11ClN2O5/c19-13-7-16-15(25-9-26-16)6-10(13)5-11(8-20)17(22)21-14-4-2-1-3-12(14)18(23)24/h1-7H,9H2,(H,21,22)(H,23,24)/b11-5+. The minimum Gasteiger partial charge on any atom is -0.478 e. The number of rotatable bonds is 4. The first kappa shape index (κ1) is 17.3. The van der Waals surface area contributed by atoms with Gasteiger partial charge in [0, 0.05) is 6.07 Å². The number of hydrogen-bond donors (Lipinski definition) is 2. The molecule has 0 aromatic heterocycles. The smallest absolute Gasteiger partial charge is 0.337 e. The number of nitriles is 1. The van der Waals surface area contributed by atoms with Gasteiger partial charge in [-0.2, -0.15) is 5.26 Å². The number of para-hydroxylation sites is 1. The molecule has 1 aliphatic rings. The Balaban J connectivity index is 1.90. The summed E-state index contributed by atoms with van der Waals surface area (Å²) in [5.41, 5.74) is 0.155.